The maximum atomic E-state index is 6.27. The third-order valence-corrected chi connectivity index (χ3v) is 4.64. The Morgan fingerprint density at radius 3 is 2.83 bits per heavy atom. The van der Waals surface area contributed by atoms with Gasteiger partial charge in [0.1, 0.15) is 4.34 Å². The van der Waals surface area contributed by atoms with Gasteiger partial charge in [0, 0.05) is 18.7 Å². The fraction of sp³-hybridized carbons (Fsp3) is 0.692. The van der Waals surface area contributed by atoms with Crippen LogP contribution in [-0.4, -0.2) is 18.7 Å². The zero-order valence-corrected chi connectivity index (χ0v) is 13.3. The number of thiophene rings is 1. The van der Waals surface area contributed by atoms with Crippen LogP contribution >= 0.6 is 34.5 Å². The zero-order valence-electron chi connectivity index (χ0n) is 10.9. The van der Waals surface area contributed by atoms with Gasteiger partial charge in [-0.25, -0.2) is 0 Å². The molecule has 18 heavy (non-hydrogen) atoms. The van der Waals surface area contributed by atoms with Crippen molar-refractivity contribution in [2.24, 2.45) is 5.92 Å². The predicted molar refractivity (Wildman–Crippen MR) is 78.9 cm³/mol. The van der Waals surface area contributed by atoms with E-state index in [1.807, 2.05) is 6.07 Å². The molecule has 0 radical (unpaired) electrons. The summed E-state index contributed by atoms with van der Waals surface area (Å²) in [4.78, 5) is 0. The summed E-state index contributed by atoms with van der Waals surface area (Å²) < 4.78 is 7.72. The van der Waals surface area contributed by atoms with Crippen LogP contribution in [0.2, 0.25) is 8.67 Å². The highest BCUT2D eigenvalue weighted by molar-refractivity contribution is 7.20. The minimum absolute atomic E-state index is 0.00116. The molecule has 5 heteroatoms. The Morgan fingerprint density at radius 1 is 1.56 bits per heavy atom. The largest absolute Gasteiger partial charge is 0.365 e. The molecule has 2 unspecified atom stereocenters. The van der Waals surface area contributed by atoms with Gasteiger partial charge in [-0.2, -0.15) is 0 Å². The molecule has 1 aliphatic heterocycles. The highest BCUT2D eigenvalue weighted by atomic mass is 35.5. The van der Waals surface area contributed by atoms with Crippen LogP contribution in [0.3, 0.4) is 0 Å². The molecule has 0 bridgehead atoms. The number of hydrogen-bond donors (Lipinski definition) is 1. The van der Waals surface area contributed by atoms with Crippen LogP contribution in [0.15, 0.2) is 6.07 Å². The molecule has 1 saturated heterocycles. The van der Waals surface area contributed by atoms with E-state index in [0.717, 1.165) is 33.7 Å². The highest BCUT2D eigenvalue weighted by Crippen LogP contribution is 2.39. The van der Waals surface area contributed by atoms with Crippen molar-refractivity contribution in [1.82, 2.24) is 5.32 Å². The smallest absolute Gasteiger partial charge is 0.100 e. The van der Waals surface area contributed by atoms with E-state index in [1.165, 1.54) is 11.3 Å². The van der Waals surface area contributed by atoms with Crippen LogP contribution in [0, 0.1) is 5.92 Å². The lowest BCUT2D eigenvalue weighted by atomic mass is 9.92. The van der Waals surface area contributed by atoms with Crippen LogP contribution in [-0.2, 0) is 4.74 Å². The lowest BCUT2D eigenvalue weighted by Crippen LogP contribution is -2.49. The molecule has 0 aliphatic carbocycles. The van der Waals surface area contributed by atoms with E-state index in [-0.39, 0.29) is 11.7 Å². The zero-order chi connectivity index (χ0) is 13.3. The fourth-order valence-electron chi connectivity index (χ4n) is 2.62. The van der Waals surface area contributed by atoms with Gasteiger partial charge in [-0.05, 0) is 25.3 Å². The molecule has 1 fully saturated rings. The van der Waals surface area contributed by atoms with E-state index < -0.39 is 0 Å². The van der Waals surface area contributed by atoms with E-state index in [1.54, 1.807) is 0 Å². The van der Waals surface area contributed by atoms with Gasteiger partial charge in [0.25, 0.3) is 0 Å². The summed E-state index contributed by atoms with van der Waals surface area (Å²) in [7, 11) is 0. The monoisotopic (exact) mass is 307 g/mol. The minimum atomic E-state index is -0.130. The van der Waals surface area contributed by atoms with Crippen molar-refractivity contribution in [3.8, 4) is 0 Å². The molecule has 2 atom stereocenters. The summed E-state index contributed by atoms with van der Waals surface area (Å²) in [6, 6.07) is 1.92. The van der Waals surface area contributed by atoms with E-state index in [0.29, 0.717) is 5.92 Å². The minimum Gasteiger partial charge on any atom is -0.365 e. The first-order chi connectivity index (χ1) is 8.39. The van der Waals surface area contributed by atoms with Gasteiger partial charge in [-0.3, -0.25) is 0 Å². The Labute approximate surface area is 123 Å². The number of morpholine rings is 1. The highest BCUT2D eigenvalue weighted by Gasteiger charge is 2.35. The van der Waals surface area contributed by atoms with Gasteiger partial charge in [0.05, 0.1) is 16.0 Å². The van der Waals surface area contributed by atoms with Gasteiger partial charge in [0.2, 0.25) is 0 Å². The normalized spacial score (nSPS) is 28.9. The molecule has 0 amide bonds. The maximum Gasteiger partial charge on any atom is 0.100 e. The first kappa shape index (κ1) is 14.6. The molecule has 2 nitrogen and oxygen atoms in total. The number of hydrogen-bond acceptors (Lipinski definition) is 3. The topological polar surface area (TPSA) is 21.3 Å². The van der Waals surface area contributed by atoms with Crippen molar-refractivity contribution in [3.05, 3.63) is 20.3 Å². The second kappa shape index (κ2) is 5.68. The number of ether oxygens (including phenoxy) is 1. The number of nitrogens with one attached hydrogen (secondary N) is 1. The fourth-order valence-corrected chi connectivity index (χ4v) is 4.18. The predicted octanol–water partition coefficient (Wildman–Crippen LogP) is 4.52. The summed E-state index contributed by atoms with van der Waals surface area (Å²) >= 11 is 13.6. The Morgan fingerprint density at radius 2 is 2.28 bits per heavy atom. The van der Waals surface area contributed by atoms with Crippen molar-refractivity contribution in [2.75, 3.05) is 13.1 Å². The van der Waals surface area contributed by atoms with Crippen LogP contribution < -0.4 is 5.32 Å². The van der Waals surface area contributed by atoms with Crippen LogP contribution in [0.5, 0.6) is 0 Å². The van der Waals surface area contributed by atoms with Crippen LogP contribution in [0.1, 0.15) is 38.9 Å². The van der Waals surface area contributed by atoms with E-state index in [2.05, 4.69) is 26.1 Å². The van der Waals surface area contributed by atoms with Crippen molar-refractivity contribution in [2.45, 2.75) is 38.9 Å². The molecule has 0 aromatic carbocycles. The third kappa shape index (κ3) is 3.40. The molecule has 2 heterocycles. The first-order valence-electron chi connectivity index (χ1n) is 6.23. The van der Waals surface area contributed by atoms with Gasteiger partial charge >= 0.3 is 0 Å². The second-order valence-corrected chi connectivity index (χ2v) is 7.85. The Balaban J connectivity index is 2.13. The first-order valence-corrected chi connectivity index (χ1v) is 7.80. The molecule has 1 N–H and O–H groups in total. The van der Waals surface area contributed by atoms with Gasteiger partial charge in [0.15, 0.2) is 0 Å². The summed E-state index contributed by atoms with van der Waals surface area (Å²) in [5, 5.41) is 3.44. The quantitative estimate of drug-likeness (QED) is 0.886. The molecule has 1 aliphatic rings. The van der Waals surface area contributed by atoms with E-state index in [4.69, 9.17) is 27.9 Å². The van der Waals surface area contributed by atoms with Crippen molar-refractivity contribution in [1.29, 1.82) is 0 Å². The van der Waals surface area contributed by atoms with Gasteiger partial charge in [-0.1, -0.05) is 37.0 Å². The average molecular weight is 308 g/mol. The van der Waals surface area contributed by atoms with Crippen molar-refractivity contribution >= 4 is 34.5 Å². The molecule has 2 rings (SSSR count). The maximum absolute atomic E-state index is 6.27. The standard InChI is InChI=1S/C13H19Cl2NOS/c1-8(2)5-13(3)7-16-6-10(17-13)9-4-11(14)18-12(9)15/h4,8,10,16H,5-7H2,1-3H3. The third-order valence-electron chi connectivity index (χ3n) is 3.13. The second-order valence-electron chi connectivity index (χ2n) is 5.56. The summed E-state index contributed by atoms with van der Waals surface area (Å²) in [6.45, 7) is 8.27. The molecule has 0 spiro atoms. The van der Waals surface area contributed by atoms with E-state index in [9.17, 15) is 0 Å². The molecule has 1 aromatic heterocycles. The molecule has 102 valence electrons. The van der Waals surface area contributed by atoms with Crippen LogP contribution in [0.4, 0.5) is 0 Å². The molecule has 0 saturated carbocycles. The number of rotatable bonds is 3. The van der Waals surface area contributed by atoms with Crippen LogP contribution in [0.25, 0.3) is 0 Å². The Hall–Kier alpha value is 0.200. The van der Waals surface area contributed by atoms with Crippen molar-refractivity contribution < 1.29 is 4.74 Å². The Kier molecular flexibility index (Phi) is 4.61. The van der Waals surface area contributed by atoms with E-state index >= 15 is 0 Å². The average Bonchev–Trinajstić information content (AvgIpc) is 2.56. The molecule has 1 aromatic rings. The lowest BCUT2D eigenvalue weighted by Gasteiger charge is -2.40. The molecular weight excluding hydrogens is 289 g/mol. The van der Waals surface area contributed by atoms with Gasteiger partial charge < -0.3 is 10.1 Å². The van der Waals surface area contributed by atoms with Crippen molar-refractivity contribution in [3.63, 3.8) is 0 Å². The number of halogens is 2. The lowest BCUT2D eigenvalue weighted by molar-refractivity contribution is -0.116. The summed E-state index contributed by atoms with van der Waals surface area (Å²) in [5.41, 5.74) is 0.878. The molecular formula is C13H19Cl2NOS. The summed E-state index contributed by atoms with van der Waals surface area (Å²) in [5.74, 6) is 0.608. The van der Waals surface area contributed by atoms with Gasteiger partial charge in [-0.15, -0.1) is 11.3 Å². The SMILES string of the molecule is CC(C)CC1(C)CNCC(c2cc(Cl)sc2Cl)O1. The summed E-state index contributed by atoms with van der Waals surface area (Å²) in [6.07, 6.45) is 1.03. The Bertz CT molecular complexity index is 421.